The Labute approximate surface area is 140 Å². The van der Waals surface area contributed by atoms with Crippen LogP contribution in [0.15, 0.2) is 47.5 Å². The third-order valence-electron chi connectivity index (χ3n) is 3.86. The van der Waals surface area contributed by atoms with Crippen LogP contribution in [0.1, 0.15) is 31.9 Å². The molecule has 0 aliphatic rings. The fraction of sp³-hybridized carbons (Fsp3) is 0.211. The predicted molar refractivity (Wildman–Crippen MR) is 97.4 cm³/mol. The van der Waals surface area contributed by atoms with Gasteiger partial charge in [0.2, 0.25) is 0 Å². The first-order valence-electron chi connectivity index (χ1n) is 7.49. The molecule has 0 fully saturated rings. The van der Waals surface area contributed by atoms with Gasteiger partial charge in [0.25, 0.3) is 0 Å². The molecule has 2 N–H and O–H groups in total. The molecule has 0 atom stereocenters. The van der Waals surface area contributed by atoms with Crippen molar-refractivity contribution in [3.63, 3.8) is 0 Å². The highest BCUT2D eigenvalue weighted by Crippen LogP contribution is 2.29. The van der Waals surface area contributed by atoms with E-state index in [1.54, 1.807) is 18.3 Å². The molecule has 0 spiro atoms. The highest BCUT2D eigenvalue weighted by Gasteiger charge is 2.13. The van der Waals surface area contributed by atoms with Crippen molar-refractivity contribution in [2.24, 2.45) is 4.99 Å². The molecule has 1 aromatic heterocycles. The zero-order chi connectivity index (χ0) is 16.6. The summed E-state index contributed by atoms with van der Waals surface area (Å²) in [6.45, 7) is 6.54. The highest BCUT2D eigenvalue weighted by molar-refractivity contribution is 6.31. The minimum absolute atomic E-state index is 0.0947. The Hall–Kier alpha value is -2.26. The van der Waals surface area contributed by atoms with Gasteiger partial charge in [-0.1, -0.05) is 50.6 Å². The first kappa shape index (κ1) is 15.6. The maximum absolute atomic E-state index is 10.1. The van der Waals surface area contributed by atoms with Gasteiger partial charge in [-0.2, -0.15) is 0 Å². The van der Waals surface area contributed by atoms with E-state index in [2.05, 4.69) is 42.9 Å². The van der Waals surface area contributed by atoms with Crippen LogP contribution in [0.4, 0.5) is 5.69 Å². The Morgan fingerprint density at radius 1 is 1.09 bits per heavy atom. The van der Waals surface area contributed by atoms with Gasteiger partial charge in [-0.3, -0.25) is 4.99 Å². The van der Waals surface area contributed by atoms with Crippen LogP contribution in [0.5, 0.6) is 5.88 Å². The standard InChI is InChI=1S/C19H19ClN2O/c1-19(2,3)12-4-7-14(8-5-12)21-11-16-15-9-6-13(20)10-17(15)22-18(16)23/h4-11,22-23H,1-3H3. The molecule has 2 aromatic carbocycles. The molecule has 23 heavy (non-hydrogen) atoms. The zero-order valence-electron chi connectivity index (χ0n) is 13.4. The van der Waals surface area contributed by atoms with Crippen LogP contribution in [-0.2, 0) is 5.41 Å². The fourth-order valence-corrected chi connectivity index (χ4v) is 2.67. The summed E-state index contributed by atoms with van der Waals surface area (Å²) in [4.78, 5) is 7.38. The number of nitrogens with zero attached hydrogens (tertiary/aromatic N) is 1. The molecule has 118 valence electrons. The van der Waals surface area contributed by atoms with Crippen LogP contribution in [0.3, 0.4) is 0 Å². The first-order chi connectivity index (χ1) is 10.8. The molecule has 3 rings (SSSR count). The van der Waals surface area contributed by atoms with E-state index < -0.39 is 0 Å². The Morgan fingerprint density at radius 2 is 1.78 bits per heavy atom. The van der Waals surface area contributed by atoms with Gasteiger partial charge < -0.3 is 10.1 Å². The largest absolute Gasteiger partial charge is 0.494 e. The van der Waals surface area contributed by atoms with Gasteiger partial charge in [-0.15, -0.1) is 0 Å². The van der Waals surface area contributed by atoms with Gasteiger partial charge in [0.15, 0.2) is 5.88 Å². The average molecular weight is 327 g/mol. The number of aromatic amines is 1. The molecule has 3 aromatic rings. The number of benzene rings is 2. The van der Waals surface area contributed by atoms with Gasteiger partial charge in [0.1, 0.15) is 0 Å². The van der Waals surface area contributed by atoms with E-state index in [4.69, 9.17) is 11.6 Å². The second kappa shape index (κ2) is 5.74. The molecule has 0 bridgehead atoms. The molecule has 0 aliphatic carbocycles. The van der Waals surface area contributed by atoms with Crippen molar-refractivity contribution >= 4 is 34.4 Å². The summed E-state index contributed by atoms with van der Waals surface area (Å²) in [6.07, 6.45) is 1.67. The SMILES string of the molecule is CC(C)(C)c1ccc(N=Cc2c(O)[nH]c3cc(Cl)ccc23)cc1. The van der Waals surface area contributed by atoms with Crippen molar-refractivity contribution in [3.8, 4) is 5.88 Å². The third kappa shape index (κ3) is 3.25. The summed E-state index contributed by atoms with van der Waals surface area (Å²) in [5, 5.41) is 11.6. The van der Waals surface area contributed by atoms with Crippen LogP contribution in [0.2, 0.25) is 5.02 Å². The van der Waals surface area contributed by atoms with E-state index in [0.29, 0.717) is 10.6 Å². The van der Waals surface area contributed by atoms with Crippen LogP contribution in [0, 0.1) is 0 Å². The lowest BCUT2D eigenvalue weighted by atomic mass is 9.87. The zero-order valence-corrected chi connectivity index (χ0v) is 14.1. The van der Waals surface area contributed by atoms with E-state index in [-0.39, 0.29) is 11.3 Å². The fourth-order valence-electron chi connectivity index (χ4n) is 2.49. The van der Waals surface area contributed by atoms with E-state index in [0.717, 1.165) is 16.6 Å². The Morgan fingerprint density at radius 3 is 2.43 bits per heavy atom. The Kier molecular flexibility index (Phi) is 3.90. The van der Waals surface area contributed by atoms with Crippen LogP contribution in [0.25, 0.3) is 10.9 Å². The van der Waals surface area contributed by atoms with Gasteiger partial charge in [-0.05, 0) is 35.2 Å². The molecule has 0 saturated carbocycles. The molecule has 0 radical (unpaired) electrons. The molecule has 0 saturated heterocycles. The lowest BCUT2D eigenvalue weighted by Gasteiger charge is -2.18. The van der Waals surface area contributed by atoms with Crippen LogP contribution >= 0.6 is 11.6 Å². The average Bonchev–Trinajstić information content (AvgIpc) is 2.79. The van der Waals surface area contributed by atoms with Gasteiger partial charge >= 0.3 is 0 Å². The lowest BCUT2D eigenvalue weighted by molar-refractivity contribution is 0.457. The van der Waals surface area contributed by atoms with Crippen molar-refractivity contribution < 1.29 is 5.11 Å². The van der Waals surface area contributed by atoms with Crippen molar-refractivity contribution in [1.82, 2.24) is 4.98 Å². The number of hydrogen-bond donors (Lipinski definition) is 2. The number of aromatic hydroxyl groups is 1. The number of halogens is 1. The number of nitrogens with one attached hydrogen (secondary N) is 1. The van der Waals surface area contributed by atoms with E-state index in [1.165, 1.54) is 5.56 Å². The quantitative estimate of drug-likeness (QED) is 0.594. The van der Waals surface area contributed by atoms with E-state index >= 15 is 0 Å². The molecule has 1 heterocycles. The normalized spacial score (nSPS) is 12.3. The molecule has 0 aliphatic heterocycles. The van der Waals surface area contributed by atoms with E-state index in [1.807, 2.05) is 18.2 Å². The third-order valence-corrected chi connectivity index (χ3v) is 4.09. The second-order valence-electron chi connectivity index (χ2n) is 6.63. The maximum atomic E-state index is 10.1. The number of fused-ring (bicyclic) bond motifs is 1. The maximum Gasteiger partial charge on any atom is 0.198 e. The Balaban J connectivity index is 1.93. The monoisotopic (exact) mass is 326 g/mol. The highest BCUT2D eigenvalue weighted by atomic mass is 35.5. The number of hydrogen-bond acceptors (Lipinski definition) is 2. The number of aliphatic imine (C=N–C) groups is 1. The summed E-state index contributed by atoms with van der Waals surface area (Å²) in [5.41, 5.74) is 3.69. The van der Waals surface area contributed by atoms with Crippen molar-refractivity contribution in [3.05, 3.63) is 58.6 Å². The summed E-state index contributed by atoms with van der Waals surface area (Å²) >= 11 is 5.97. The smallest absolute Gasteiger partial charge is 0.198 e. The minimum Gasteiger partial charge on any atom is -0.494 e. The summed E-state index contributed by atoms with van der Waals surface area (Å²) in [7, 11) is 0. The molecular formula is C19H19ClN2O. The summed E-state index contributed by atoms with van der Waals surface area (Å²) in [5.74, 6) is 0.0947. The van der Waals surface area contributed by atoms with Crippen molar-refractivity contribution in [2.75, 3.05) is 0 Å². The molecule has 0 amide bonds. The topological polar surface area (TPSA) is 48.4 Å². The van der Waals surface area contributed by atoms with Gasteiger partial charge in [0, 0.05) is 16.6 Å². The number of aromatic nitrogens is 1. The summed E-state index contributed by atoms with van der Waals surface area (Å²) in [6, 6.07) is 13.6. The van der Waals surface area contributed by atoms with Crippen molar-refractivity contribution in [2.45, 2.75) is 26.2 Å². The second-order valence-corrected chi connectivity index (χ2v) is 7.07. The lowest BCUT2D eigenvalue weighted by Crippen LogP contribution is -2.10. The summed E-state index contributed by atoms with van der Waals surface area (Å²) < 4.78 is 0. The van der Waals surface area contributed by atoms with Crippen LogP contribution in [-0.4, -0.2) is 16.3 Å². The molecule has 3 nitrogen and oxygen atoms in total. The molecule has 4 heteroatoms. The number of H-pyrrole nitrogens is 1. The first-order valence-corrected chi connectivity index (χ1v) is 7.87. The Bertz CT molecular complexity index is 871. The van der Waals surface area contributed by atoms with Gasteiger partial charge in [0.05, 0.1) is 16.8 Å². The molecule has 0 unspecified atom stereocenters. The molecular weight excluding hydrogens is 308 g/mol. The van der Waals surface area contributed by atoms with E-state index in [9.17, 15) is 5.11 Å². The van der Waals surface area contributed by atoms with Crippen molar-refractivity contribution in [1.29, 1.82) is 0 Å². The minimum atomic E-state index is 0.0947. The predicted octanol–water partition coefficient (Wildman–Crippen LogP) is 5.58. The van der Waals surface area contributed by atoms with Crippen LogP contribution < -0.4 is 0 Å². The number of rotatable bonds is 2. The van der Waals surface area contributed by atoms with Gasteiger partial charge in [-0.25, -0.2) is 0 Å².